The van der Waals surface area contributed by atoms with E-state index in [9.17, 15) is 9.90 Å². The SMILES string of the molecule is Nc1ccc(-c2cc(C(=O)O)c3cccc(Cl)c3n2)nc1. The van der Waals surface area contributed by atoms with Crippen LogP contribution < -0.4 is 5.73 Å². The van der Waals surface area contributed by atoms with Gasteiger partial charge in [0.05, 0.1) is 39.4 Å². The Morgan fingerprint density at radius 1 is 1.19 bits per heavy atom. The Bertz CT molecular complexity index is 847. The van der Waals surface area contributed by atoms with Crippen molar-refractivity contribution in [2.75, 3.05) is 5.73 Å². The second-order valence-electron chi connectivity index (χ2n) is 4.47. The Morgan fingerprint density at radius 3 is 2.67 bits per heavy atom. The molecule has 0 fully saturated rings. The van der Waals surface area contributed by atoms with Gasteiger partial charge in [-0.2, -0.15) is 0 Å². The van der Waals surface area contributed by atoms with Crippen molar-refractivity contribution >= 4 is 34.2 Å². The molecule has 0 aliphatic rings. The summed E-state index contributed by atoms with van der Waals surface area (Å²) >= 11 is 6.12. The van der Waals surface area contributed by atoms with Crippen LogP contribution >= 0.6 is 11.6 Å². The highest BCUT2D eigenvalue weighted by Crippen LogP contribution is 2.28. The van der Waals surface area contributed by atoms with Crippen molar-refractivity contribution in [1.82, 2.24) is 9.97 Å². The van der Waals surface area contributed by atoms with Crippen LogP contribution in [0, 0.1) is 0 Å². The Morgan fingerprint density at radius 2 is 2.00 bits per heavy atom. The third kappa shape index (κ3) is 2.39. The summed E-state index contributed by atoms with van der Waals surface area (Å²) in [6.07, 6.45) is 1.49. The number of para-hydroxylation sites is 1. The number of carboxylic acids is 1. The normalized spacial score (nSPS) is 10.7. The summed E-state index contributed by atoms with van der Waals surface area (Å²) in [5.74, 6) is -1.04. The van der Waals surface area contributed by atoms with Crippen LogP contribution in [0.2, 0.25) is 5.02 Å². The van der Waals surface area contributed by atoms with Gasteiger partial charge in [0, 0.05) is 5.39 Å². The van der Waals surface area contributed by atoms with Gasteiger partial charge in [0.15, 0.2) is 0 Å². The van der Waals surface area contributed by atoms with Gasteiger partial charge >= 0.3 is 5.97 Å². The van der Waals surface area contributed by atoms with Crippen LogP contribution in [-0.4, -0.2) is 21.0 Å². The number of nitrogens with two attached hydrogens (primary N) is 1. The molecule has 0 saturated heterocycles. The fourth-order valence-corrected chi connectivity index (χ4v) is 2.30. The molecule has 3 N–H and O–H groups in total. The summed E-state index contributed by atoms with van der Waals surface area (Å²) in [6.45, 7) is 0. The first-order valence-electron chi connectivity index (χ1n) is 6.11. The number of pyridine rings is 2. The predicted octanol–water partition coefficient (Wildman–Crippen LogP) is 3.23. The third-order valence-corrected chi connectivity index (χ3v) is 3.37. The number of anilines is 1. The van der Waals surface area contributed by atoms with E-state index in [1.807, 2.05) is 0 Å². The van der Waals surface area contributed by atoms with Gasteiger partial charge in [-0.05, 0) is 24.3 Å². The highest BCUT2D eigenvalue weighted by atomic mass is 35.5. The van der Waals surface area contributed by atoms with Gasteiger partial charge in [-0.15, -0.1) is 0 Å². The Labute approximate surface area is 125 Å². The zero-order valence-electron chi connectivity index (χ0n) is 10.7. The number of nitrogen functional groups attached to an aromatic ring is 1. The number of carbonyl (C=O) groups is 1. The molecule has 104 valence electrons. The monoisotopic (exact) mass is 299 g/mol. The molecule has 5 nitrogen and oxygen atoms in total. The van der Waals surface area contributed by atoms with E-state index in [-0.39, 0.29) is 5.56 Å². The first-order valence-corrected chi connectivity index (χ1v) is 6.48. The predicted molar refractivity (Wildman–Crippen MR) is 81.4 cm³/mol. The fraction of sp³-hybridized carbons (Fsp3) is 0. The zero-order valence-corrected chi connectivity index (χ0v) is 11.5. The number of benzene rings is 1. The summed E-state index contributed by atoms with van der Waals surface area (Å²) in [5.41, 5.74) is 7.67. The molecule has 0 amide bonds. The number of rotatable bonds is 2. The van der Waals surface area contributed by atoms with E-state index in [0.29, 0.717) is 33.0 Å². The summed E-state index contributed by atoms with van der Waals surface area (Å²) < 4.78 is 0. The second kappa shape index (κ2) is 5.03. The lowest BCUT2D eigenvalue weighted by Crippen LogP contribution is -2.01. The summed E-state index contributed by atoms with van der Waals surface area (Å²) in [7, 11) is 0. The molecule has 6 heteroatoms. The minimum atomic E-state index is -1.04. The molecule has 0 saturated carbocycles. The average Bonchev–Trinajstić information content (AvgIpc) is 2.47. The highest BCUT2D eigenvalue weighted by Gasteiger charge is 2.15. The molecule has 0 spiro atoms. The number of halogens is 1. The number of aromatic carboxylic acids is 1. The van der Waals surface area contributed by atoms with Crippen molar-refractivity contribution in [2.45, 2.75) is 0 Å². The molecule has 0 aliphatic carbocycles. The van der Waals surface area contributed by atoms with Crippen molar-refractivity contribution in [3.8, 4) is 11.4 Å². The molecule has 0 bridgehead atoms. The van der Waals surface area contributed by atoms with Crippen LogP contribution in [0.1, 0.15) is 10.4 Å². The van der Waals surface area contributed by atoms with Crippen LogP contribution in [0.4, 0.5) is 5.69 Å². The van der Waals surface area contributed by atoms with Crippen LogP contribution in [0.15, 0.2) is 42.6 Å². The van der Waals surface area contributed by atoms with E-state index in [0.717, 1.165) is 0 Å². The molecule has 0 atom stereocenters. The fourth-order valence-electron chi connectivity index (χ4n) is 2.08. The number of hydrogen-bond donors (Lipinski definition) is 2. The largest absolute Gasteiger partial charge is 0.478 e. The number of carboxylic acid groups (broad SMARTS) is 1. The summed E-state index contributed by atoms with van der Waals surface area (Å²) in [5, 5.41) is 10.3. The minimum absolute atomic E-state index is 0.135. The molecular formula is C15H10ClN3O2. The quantitative estimate of drug-likeness (QED) is 0.758. The first kappa shape index (κ1) is 13.3. The maximum absolute atomic E-state index is 11.5. The van der Waals surface area contributed by atoms with Gasteiger partial charge in [0.1, 0.15) is 0 Å². The lowest BCUT2D eigenvalue weighted by Gasteiger charge is -2.08. The maximum Gasteiger partial charge on any atom is 0.336 e. The highest BCUT2D eigenvalue weighted by molar-refractivity contribution is 6.35. The van der Waals surface area contributed by atoms with Gasteiger partial charge in [-0.3, -0.25) is 4.98 Å². The molecular weight excluding hydrogens is 290 g/mol. The number of fused-ring (bicyclic) bond motifs is 1. The van der Waals surface area contributed by atoms with Crippen LogP contribution in [0.25, 0.3) is 22.3 Å². The Balaban J connectivity index is 2.32. The van der Waals surface area contributed by atoms with E-state index in [1.165, 1.54) is 12.3 Å². The lowest BCUT2D eigenvalue weighted by molar-refractivity contribution is 0.0699. The topological polar surface area (TPSA) is 89.1 Å². The minimum Gasteiger partial charge on any atom is -0.478 e. The van der Waals surface area contributed by atoms with Gasteiger partial charge in [0.2, 0.25) is 0 Å². The summed E-state index contributed by atoms with van der Waals surface area (Å²) in [4.78, 5) is 20.0. The summed E-state index contributed by atoms with van der Waals surface area (Å²) in [6, 6.07) is 9.90. The Kier molecular flexibility index (Phi) is 3.19. The van der Waals surface area contributed by atoms with Gasteiger partial charge in [-0.25, -0.2) is 9.78 Å². The molecule has 21 heavy (non-hydrogen) atoms. The van der Waals surface area contributed by atoms with Crippen molar-refractivity contribution < 1.29 is 9.90 Å². The number of aromatic nitrogens is 2. The van der Waals surface area contributed by atoms with Gasteiger partial charge < -0.3 is 10.8 Å². The van der Waals surface area contributed by atoms with Crippen molar-refractivity contribution in [2.24, 2.45) is 0 Å². The van der Waals surface area contributed by atoms with Gasteiger partial charge in [0.25, 0.3) is 0 Å². The molecule has 3 rings (SSSR count). The van der Waals surface area contributed by atoms with Crippen LogP contribution in [0.5, 0.6) is 0 Å². The van der Waals surface area contributed by atoms with E-state index < -0.39 is 5.97 Å². The number of nitrogens with zero attached hydrogens (tertiary/aromatic N) is 2. The van der Waals surface area contributed by atoms with E-state index in [1.54, 1.807) is 30.3 Å². The number of hydrogen-bond acceptors (Lipinski definition) is 4. The third-order valence-electron chi connectivity index (χ3n) is 3.07. The lowest BCUT2D eigenvalue weighted by atomic mass is 10.1. The maximum atomic E-state index is 11.5. The molecule has 1 aromatic carbocycles. The van der Waals surface area contributed by atoms with Crippen LogP contribution in [0.3, 0.4) is 0 Å². The molecule has 3 aromatic rings. The van der Waals surface area contributed by atoms with Crippen molar-refractivity contribution in [1.29, 1.82) is 0 Å². The van der Waals surface area contributed by atoms with Gasteiger partial charge in [-0.1, -0.05) is 23.7 Å². The molecule has 0 unspecified atom stereocenters. The zero-order chi connectivity index (χ0) is 15.0. The standard InChI is InChI=1S/C15H10ClN3O2/c16-11-3-1-2-9-10(15(20)21)6-13(19-14(9)11)12-5-4-8(17)7-18-12/h1-7H,17H2,(H,20,21). The molecule has 0 aliphatic heterocycles. The smallest absolute Gasteiger partial charge is 0.336 e. The molecule has 2 heterocycles. The van der Waals surface area contributed by atoms with Crippen LogP contribution in [-0.2, 0) is 0 Å². The molecule has 0 radical (unpaired) electrons. The first-order chi connectivity index (χ1) is 10.1. The van der Waals surface area contributed by atoms with Crippen molar-refractivity contribution in [3.63, 3.8) is 0 Å². The Hall–Kier alpha value is -2.66. The second-order valence-corrected chi connectivity index (χ2v) is 4.88. The molecule has 2 aromatic heterocycles. The van der Waals surface area contributed by atoms with E-state index in [2.05, 4.69) is 9.97 Å². The van der Waals surface area contributed by atoms with Crippen molar-refractivity contribution in [3.05, 3.63) is 53.2 Å². The van der Waals surface area contributed by atoms with E-state index in [4.69, 9.17) is 17.3 Å². The average molecular weight is 300 g/mol. The van der Waals surface area contributed by atoms with E-state index >= 15 is 0 Å².